The number of hydrogen-bond donors (Lipinski definition) is 2. The molecule has 0 amide bonds. The van der Waals surface area contributed by atoms with Gasteiger partial charge in [-0.25, -0.2) is 0 Å². The Hall–Kier alpha value is -3.03. The summed E-state index contributed by atoms with van der Waals surface area (Å²) < 4.78 is 23.5. The Balaban J connectivity index is 1.92. The van der Waals surface area contributed by atoms with Crippen LogP contribution < -0.4 is 18.9 Å². The molecule has 0 aromatic heterocycles. The van der Waals surface area contributed by atoms with Crippen molar-refractivity contribution in [3.8, 4) is 23.0 Å². The third-order valence-electron chi connectivity index (χ3n) is 7.38. The average Bonchev–Trinajstić information content (AvgIpc) is 2.88. The molecule has 7 nitrogen and oxygen atoms in total. The summed E-state index contributed by atoms with van der Waals surface area (Å²) in [7, 11) is 4.84. The molecule has 0 saturated carbocycles. The van der Waals surface area contributed by atoms with Gasteiger partial charge in [-0.2, -0.15) is 0 Å². The molecule has 7 heteroatoms. The maximum atomic E-state index is 13.4. The molecule has 0 radical (unpaired) electrons. The number of fused-ring (bicyclic) bond motifs is 1. The summed E-state index contributed by atoms with van der Waals surface area (Å²) in [4.78, 5) is 13.4. The molecular weight excluding hydrogens is 508 g/mol. The third-order valence-corrected chi connectivity index (χ3v) is 7.38. The van der Waals surface area contributed by atoms with Crippen molar-refractivity contribution < 1.29 is 34.0 Å². The zero-order chi connectivity index (χ0) is 29.7. The van der Waals surface area contributed by atoms with Crippen molar-refractivity contribution in [1.82, 2.24) is 0 Å². The van der Waals surface area contributed by atoms with Gasteiger partial charge < -0.3 is 29.2 Å². The highest BCUT2D eigenvalue weighted by Crippen LogP contribution is 2.44. The molecule has 0 fully saturated rings. The largest absolute Gasteiger partial charge is 0.496 e. The number of carbonyl (C=O) groups excluding carboxylic acids is 1. The SMILES string of the molecule is COc1cc2c(cc1CCC(C)(C)O)C(=O)CC(c1ccc(OC)c(OC)c1CCC(C)=CCCC(C)(C)O)O2. The first-order valence-electron chi connectivity index (χ1n) is 14.0. The second-order valence-corrected chi connectivity index (χ2v) is 12.0. The zero-order valence-electron chi connectivity index (χ0n) is 25.3. The maximum Gasteiger partial charge on any atom is 0.170 e. The van der Waals surface area contributed by atoms with Crippen LogP contribution in [0.1, 0.15) is 99.9 Å². The number of methoxy groups -OCH3 is 3. The first kappa shape index (κ1) is 31.5. The molecule has 2 aromatic rings. The normalized spacial score (nSPS) is 15.9. The first-order chi connectivity index (χ1) is 18.8. The van der Waals surface area contributed by atoms with Gasteiger partial charge in [0.05, 0.1) is 44.5 Å². The second-order valence-electron chi connectivity index (χ2n) is 12.0. The smallest absolute Gasteiger partial charge is 0.170 e. The van der Waals surface area contributed by atoms with Crippen molar-refractivity contribution in [1.29, 1.82) is 0 Å². The molecule has 0 bridgehead atoms. The summed E-state index contributed by atoms with van der Waals surface area (Å²) in [5.41, 5.74) is 2.96. The predicted octanol–water partition coefficient (Wildman–Crippen LogP) is 6.55. The number of hydrogen-bond acceptors (Lipinski definition) is 7. The Morgan fingerprint density at radius 2 is 1.65 bits per heavy atom. The van der Waals surface area contributed by atoms with Gasteiger partial charge in [0.25, 0.3) is 0 Å². The summed E-state index contributed by atoms with van der Waals surface area (Å²) in [5, 5.41) is 20.2. The fraction of sp³-hybridized carbons (Fsp3) is 0.545. The number of benzene rings is 2. The minimum atomic E-state index is -0.820. The van der Waals surface area contributed by atoms with Crippen LogP contribution in [0.25, 0.3) is 0 Å². The number of Topliss-reactive ketones (excluding diaryl/α,β-unsaturated/α-hetero) is 1. The average molecular weight is 555 g/mol. The van der Waals surface area contributed by atoms with Gasteiger partial charge in [-0.1, -0.05) is 17.7 Å². The molecule has 1 aliphatic heterocycles. The van der Waals surface area contributed by atoms with Crippen LogP contribution in [0, 0.1) is 0 Å². The lowest BCUT2D eigenvalue weighted by Crippen LogP contribution is -2.23. The Labute approximate surface area is 239 Å². The van der Waals surface area contributed by atoms with E-state index in [-0.39, 0.29) is 12.2 Å². The fourth-order valence-corrected chi connectivity index (χ4v) is 5.06. The molecule has 1 unspecified atom stereocenters. The van der Waals surface area contributed by atoms with Gasteiger partial charge in [0.1, 0.15) is 17.6 Å². The number of aryl methyl sites for hydroxylation is 1. The summed E-state index contributed by atoms with van der Waals surface area (Å²) in [6, 6.07) is 7.44. The van der Waals surface area contributed by atoms with E-state index in [0.29, 0.717) is 54.2 Å². The lowest BCUT2D eigenvalue weighted by atomic mass is 9.89. The number of rotatable bonds is 13. The first-order valence-corrected chi connectivity index (χ1v) is 14.0. The van der Waals surface area contributed by atoms with Crippen LogP contribution in [0.3, 0.4) is 0 Å². The molecule has 0 aliphatic carbocycles. The van der Waals surface area contributed by atoms with Crippen LogP contribution in [0.4, 0.5) is 0 Å². The molecule has 2 aromatic carbocycles. The lowest BCUT2D eigenvalue weighted by molar-refractivity contribution is 0.0709. The molecule has 0 spiro atoms. The van der Waals surface area contributed by atoms with E-state index in [4.69, 9.17) is 18.9 Å². The van der Waals surface area contributed by atoms with E-state index >= 15 is 0 Å². The predicted molar refractivity (Wildman–Crippen MR) is 157 cm³/mol. The van der Waals surface area contributed by atoms with Crippen molar-refractivity contribution >= 4 is 5.78 Å². The Kier molecular flexibility index (Phi) is 10.3. The van der Waals surface area contributed by atoms with Crippen LogP contribution in [0.2, 0.25) is 0 Å². The summed E-state index contributed by atoms with van der Waals surface area (Å²) in [5.74, 6) is 2.41. The Morgan fingerprint density at radius 1 is 0.975 bits per heavy atom. The maximum absolute atomic E-state index is 13.4. The molecule has 220 valence electrons. The standard InChI is InChI=1S/C33H46O7/c1-21(10-9-16-32(2,3)35)11-12-24-23(13-14-27(37-6)31(24)39-8)29-19-26(34)25-18-22(15-17-33(4,5)36)28(38-7)20-30(25)40-29/h10,13-14,18,20,29,35-36H,9,11-12,15-17,19H2,1-8H3. The van der Waals surface area contributed by atoms with E-state index in [1.54, 1.807) is 41.2 Å². The van der Waals surface area contributed by atoms with E-state index < -0.39 is 17.3 Å². The van der Waals surface area contributed by atoms with Gasteiger partial charge in [-0.3, -0.25) is 4.79 Å². The van der Waals surface area contributed by atoms with Crippen molar-refractivity contribution in [3.05, 3.63) is 58.2 Å². The van der Waals surface area contributed by atoms with Crippen molar-refractivity contribution in [3.63, 3.8) is 0 Å². The van der Waals surface area contributed by atoms with Crippen molar-refractivity contribution in [2.75, 3.05) is 21.3 Å². The van der Waals surface area contributed by atoms with E-state index in [0.717, 1.165) is 29.5 Å². The van der Waals surface area contributed by atoms with Gasteiger partial charge in [0, 0.05) is 11.6 Å². The fourth-order valence-electron chi connectivity index (χ4n) is 5.06. The molecule has 40 heavy (non-hydrogen) atoms. The molecule has 1 aliphatic rings. The minimum absolute atomic E-state index is 0.00170. The topological polar surface area (TPSA) is 94.5 Å². The number of ether oxygens (including phenoxy) is 4. The lowest BCUT2D eigenvalue weighted by Gasteiger charge is -2.29. The molecular formula is C33H46O7. The van der Waals surface area contributed by atoms with Crippen molar-refractivity contribution in [2.45, 2.75) is 96.9 Å². The van der Waals surface area contributed by atoms with Crippen LogP contribution in [-0.2, 0) is 12.8 Å². The summed E-state index contributed by atoms with van der Waals surface area (Å²) in [6.45, 7) is 9.27. The highest BCUT2D eigenvalue weighted by Gasteiger charge is 2.32. The summed E-state index contributed by atoms with van der Waals surface area (Å²) >= 11 is 0. The van der Waals surface area contributed by atoms with E-state index in [2.05, 4.69) is 13.0 Å². The highest BCUT2D eigenvalue weighted by molar-refractivity contribution is 6.00. The quantitative estimate of drug-likeness (QED) is 0.271. The number of carbonyl (C=O) groups is 1. The minimum Gasteiger partial charge on any atom is -0.496 e. The Morgan fingerprint density at radius 3 is 2.25 bits per heavy atom. The van der Waals surface area contributed by atoms with Crippen LogP contribution in [-0.4, -0.2) is 48.5 Å². The molecule has 2 N–H and O–H groups in total. The van der Waals surface area contributed by atoms with Crippen LogP contribution in [0.15, 0.2) is 35.9 Å². The van der Waals surface area contributed by atoms with Gasteiger partial charge in [-0.15, -0.1) is 0 Å². The second kappa shape index (κ2) is 13.1. The van der Waals surface area contributed by atoms with Gasteiger partial charge >= 0.3 is 0 Å². The molecule has 1 atom stereocenters. The van der Waals surface area contributed by atoms with Crippen LogP contribution in [0.5, 0.6) is 23.0 Å². The van der Waals surface area contributed by atoms with E-state index in [1.165, 1.54) is 5.57 Å². The van der Waals surface area contributed by atoms with Gasteiger partial charge in [-0.05, 0) is 96.4 Å². The van der Waals surface area contributed by atoms with E-state index in [1.807, 2.05) is 32.0 Å². The number of aliphatic hydroxyl groups is 2. The number of allylic oxidation sites excluding steroid dienone is 2. The van der Waals surface area contributed by atoms with Crippen molar-refractivity contribution in [2.24, 2.45) is 0 Å². The Bertz CT molecular complexity index is 1210. The molecule has 0 saturated heterocycles. The summed E-state index contributed by atoms with van der Waals surface area (Å²) in [6.07, 6.45) is 5.97. The monoisotopic (exact) mass is 554 g/mol. The highest BCUT2D eigenvalue weighted by atomic mass is 16.5. The van der Waals surface area contributed by atoms with Gasteiger partial charge in [0.15, 0.2) is 17.3 Å². The molecule has 3 rings (SSSR count). The zero-order valence-corrected chi connectivity index (χ0v) is 25.3. The molecule has 1 heterocycles. The van der Waals surface area contributed by atoms with Gasteiger partial charge in [0.2, 0.25) is 0 Å². The third kappa shape index (κ3) is 8.24. The number of ketones is 1. The van der Waals surface area contributed by atoms with E-state index in [9.17, 15) is 15.0 Å². The van der Waals surface area contributed by atoms with Crippen LogP contribution >= 0.6 is 0 Å².